The number of hydrogen-bond donors (Lipinski definition) is 1. The molecule has 0 aliphatic carbocycles. The van der Waals surface area contributed by atoms with Crippen molar-refractivity contribution >= 4 is 17.4 Å². The number of amides is 1. The summed E-state index contributed by atoms with van der Waals surface area (Å²) < 4.78 is 19.7. The molecule has 0 bridgehead atoms. The quantitative estimate of drug-likeness (QED) is 0.614. The van der Waals surface area contributed by atoms with Crippen LogP contribution in [0.1, 0.15) is 35.7 Å². The fourth-order valence-electron chi connectivity index (χ4n) is 3.49. The van der Waals surface area contributed by atoms with Crippen molar-refractivity contribution in [3.8, 4) is 11.6 Å². The molecule has 0 saturated carbocycles. The van der Waals surface area contributed by atoms with E-state index in [1.54, 1.807) is 55.7 Å². The lowest BCUT2D eigenvalue weighted by atomic mass is 9.99. The average Bonchev–Trinajstić information content (AvgIpc) is 2.78. The minimum atomic E-state index is -0.357. The highest BCUT2D eigenvalue weighted by molar-refractivity contribution is 6.04. The molecule has 31 heavy (non-hydrogen) atoms. The van der Waals surface area contributed by atoms with Crippen molar-refractivity contribution in [1.82, 2.24) is 9.97 Å². The Hall–Kier alpha value is -3.48. The van der Waals surface area contributed by atoms with Gasteiger partial charge in [-0.05, 0) is 67.6 Å². The number of benzene rings is 2. The van der Waals surface area contributed by atoms with Crippen molar-refractivity contribution in [1.29, 1.82) is 0 Å². The first-order valence-electron chi connectivity index (χ1n) is 10.4. The Morgan fingerprint density at radius 3 is 2.52 bits per heavy atom. The van der Waals surface area contributed by atoms with Gasteiger partial charge in [-0.1, -0.05) is 13.0 Å². The molecule has 0 unspecified atom stereocenters. The summed E-state index contributed by atoms with van der Waals surface area (Å²) in [5.74, 6) is 1.78. The summed E-state index contributed by atoms with van der Waals surface area (Å²) in [6.45, 7) is 5.79. The van der Waals surface area contributed by atoms with Gasteiger partial charge in [-0.2, -0.15) is 0 Å². The van der Waals surface area contributed by atoms with Gasteiger partial charge in [0.2, 0.25) is 0 Å². The molecule has 1 fully saturated rings. The normalized spacial score (nSPS) is 14.4. The van der Waals surface area contributed by atoms with Crippen LogP contribution < -0.4 is 15.0 Å². The second kappa shape index (κ2) is 9.12. The van der Waals surface area contributed by atoms with E-state index in [9.17, 15) is 9.18 Å². The smallest absolute Gasteiger partial charge is 0.263 e. The van der Waals surface area contributed by atoms with Crippen molar-refractivity contribution < 1.29 is 13.9 Å². The predicted molar refractivity (Wildman–Crippen MR) is 118 cm³/mol. The molecule has 160 valence electrons. The third-order valence-corrected chi connectivity index (χ3v) is 5.49. The first-order chi connectivity index (χ1) is 15.0. The lowest BCUT2D eigenvalue weighted by Gasteiger charge is -2.31. The predicted octanol–water partition coefficient (Wildman–Crippen LogP) is 5.21. The molecule has 0 radical (unpaired) electrons. The van der Waals surface area contributed by atoms with Crippen LogP contribution in [-0.2, 0) is 0 Å². The number of aromatic nitrogens is 2. The Bertz CT molecular complexity index is 1060. The maximum absolute atomic E-state index is 13.7. The van der Waals surface area contributed by atoms with Gasteiger partial charge in [0, 0.05) is 36.7 Å². The van der Waals surface area contributed by atoms with Gasteiger partial charge in [0.05, 0.1) is 0 Å². The van der Waals surface area contributed by atoms with Gasteiger partial charge in [0.15, 0.2) is 5.82 Å². The third-order valence-electron chi connectivity index (χ3n) is 5.49. The fourth-order valence-corrected chi connectivity index (χ4v) is 3.49. The number of carbonyl (C=O) groups is 1. The summed E-state index contributed by atoms with van der Waals surface area (Å²) >= 11 is 0. The molecule has 1 N–H and O–H groups in total. The van der Waals surface area contributed by atoms with Gasteiger partial charge in [-0.15, -0.1) is 0 Å². The zero-order valence-corrected chi connectivity index (χ0v) is 17.6. The number of anilines is 2. The van der Waals surface area contributed by atoms with E-state index in [0.29, 0.717) is 34.4 Å². The number of piperidine rings is 1. The van der Waals surface area contributed by atoms with Gasteiger partial charge >= 0.3 is 0 Å². The van der Waals surface area contributed by atoms with Crippen LogP contribution in [0, 0.1) is 18.7 Å². The maximum atomic E-state index is 13.7. The van der Waals surface area contributed by atoms with Crippen LogP contribution in [0.5, 0.6) is 11.6 Å². The van der Waals surface area contributed by atoms with Crippen LogP contribution in [0.15, 0.2) is 54.9 Å². The topological polar surface area (TPSA) is 67.3 Å². The summed E-state index contributed by atoms with van der Waals surface area (Å²) in [6.07, 6.45) is 5.50. The van der Waals surface area contributed by atoms with Gasteiger partial charge in [-0.25, -0.2) is 14.4 Å². The molecular weight excluding hydrogens is 395 g/mol. The summed E-state index contributed by atoms with van der Waals surface area (Å²) in [5, 5.41) is 2.70. The minimum Gasteiger partial charge on any atom is -0.436 e. The van der Waals surface area contributed by atoms with Crippen LogP contribution in [-0.4, -0.2) is 29.0 Å². The van der Waals surface area contributed by atoms with Crippen LogP contribution >= 0.6 is 0 Å². The summed E-state index contributed by atoms with van der Waals surface area (Å²) in [6, 6.07) is 11.3. The van der Waals surface area contributed by atoms with Gasteiger partial charge < -0.3 is 15.0 Å². The fraction of sp³-hybridized carbons (Fsp3) is 0.292. The first kappa shape index (κ1) is 20.8. The Balaban J connectivity index is 1.44. The molecule has 1 amide bonds. The highest BCUT2D eigenvalue weighted by Crippen LogP contribution is 2.31. The van der Waals surface area contributed by atoms with E-state index < -0.39 is 0 Å². The number of carbonyl (C=O) groups excluding carboxylic acids is 1. The third kappa shape index (κ3) is 4.99. The largest absolute Gasteiger partial charge is 0.436 e. The van der Waals surface area contributed by atoms with Gasteiger partial charge in [0.1, 0.15) is 11.6 Å². The van der Waals surface area contributed by atoms with E-state index >= 15 is 0 Å². The van der Waals surface area contributed by atoms with Crippen molar-refractivity contribution in [3.05, 3.63) is 71.8 Å². The Morgan fingerprint density at radius 2 is 1.81 bits per heavy atom. The number of nitrogens with zero attached hydrogens (tertiary/aromatic N) is 3. The molecule has 4 rings (SSSR count). The lowest BCUT2D eigenvalue weighted by molar-refractivity contribution is 0.102. The van der Waals surface area contributed by atoms with E-state index in [2.05, 4.69) is 27.1 Å². The minimum absolute atomic E-state index is 0.322. The molecule has 7 heteroatoms. The summed E-state index contributed by atoms with van der Waals surface area (Å²) in [4.78, 5) is 23.5. The van der Waals surface area contributed by atoms with E-state index in [1.165, 1.54) is 6.07 Å². The SMILES string of the molecule is Cc1ccc(NC(=O)c2ccc(Oc3nccnc3N3CCC(C)CC3)cc2)cc1F. The summed E-state index contributed by atoms with van der Waals surface area (Å²) in [7, 11) is 0. The number of nitrogens with one attached hydrogen (secondary N) is 1. The van der Waals surface area contributed by atoms with Crippen LogP contribution in [0.4, 0.5) is 15.9 Å². The molecule has 3 aromatic rings. The molecule has 2 aromatic carbocycles. The van der Waals surface area contributed by atoms with Crippen molar-refractivity contribution in [2.24, 2.45) is 5.92 Å². The maximum Gasteiger partial charge on any atom is 0.263 e. The number of halogens is 1. The number of ether oxygens (including phenoxy) is 1. The van der Waals surface area contributed by atoms with Crippen LogP contribution in [0.2, 0.25) is 0 Å². The molecule has 6 nitrogen and oxygen atoms in total. The lowest BCUT2D eigenvalue weighted by Crippen LogP contribution is -2.33. The Labute approximate surface area is 181 Å². The van der Waals surface area contributed by atoms with E-state index in [1.807, 2.05) is 0 Å². The zero-order chi connectivity index (χ0) is 21.8. The molecular formula is C24H25FN4O2. The highest BCUT2D eigenvalue weighted by Gasteiger charge is 2.21. The van der Waals surface area contributed by atoms with E-state index in [-0.39, 0.29) is 11.7 Å². The Kier molecular flexibility index (Phi) is 6.11. The summed E-state index contributed by atoms with van der Waals surface area (Å²) in [5.41, 5.74) is 1.38. The van der Waals surface area contributed by atoms with Gasteiger partial charge in [0.25, 0.3) is 11.8 Å². The highest BCUT2D eigenvalue weighted by atomic mass is 19.1. The Morgan fingerprint density at radius 1 is 1.10 bits per heavy atom. The van der Waals surface area contributed by atoms with Crippen LogP contribution in [0.25, 0.3) is 0 Å². The molecule has 1 aliphatic rings. The van der Waals surface area contributed by atoms with Crippen molar-refractivity contribution in [3.63, 3.8) is 0 Å². The molecule has 2 heterocycles. The number of rotatable bonds is 5. The van der Waals surface area contributed by atoms with Crippen LogP contribution in [0.3, 0.4) is 0 Å². The average molecular weight is 420 g/mol. The molecule has 1 aromatic heterocycles. The second-order valence-corrected chi connectivity index (χ2v) is 7.90. The second-order valence-electron chi connectivity index (χ2n) is 7.90. The van der Waals surface area contributed by atoms with Crippen molar-refractivity contribution in [2.45, 2.75) is 26.7 Å². The molecule has 0 atom stereocenters. The monoisotopic (exact) mass is 420 g/mol. The van der Waals surface area contributed by atoms with E-state index in [0.717, 1.165) is 31.7 Å². The van der Waals surface area contributed by atoms with E-state index in [4.69, 9.17) is 4.74 Å². The number of hydrogen-bond acceptors (Lipinski definition) is 5. The molecule has 1 aliphatic heterocycles. The first-order valence-corrected chi connectivity index (χ1v) is 10.4. The van der Waals surface area contributed by atoms with Crippen molar-refractivity contribution in [2.75, 3.05) is 23.3 Å². The van der Waals surface area contributed by atoms with Gasteiger partial charge in [-0.3, -0.25) is 4.79 Å². The molecule has 0 spiro atoms. The zero-order valence-electron chi connectivity index (χ0n) is 17.6. The molecule has 1 saturated heterocycles. The standard InChI is InChI=1S/C24H25FN4O2/c1-16-9-13-29(14-10-16)22-24(27-12-11-26-22)31-20-7-4-18(5-8-20)23(30)28-19-6-3-17(2)21(25)15-19/h3-8,11-12,15-16H,9-10,13-14H2,1-2H3,(H,28,30). The number of aryl methyl sites for hydroxylation is 1.